The Kier molecular flexibility index (Phi) is 4.93. The Morgan fingerprint density at radius 3 is 2.65 bits per heavy atom. The quantitative estimate of drug-likeness (QED) is 0.914. The van der Waals surface area contributed by atoms with Crippen LogP contribution in [-0.4, -0.2) is 11.0 Å². The maximum atomic E-state index is 13.9. The fourth-order valence-corrected chi connectivity index (χ4v) is 2.05. The summed E-state index contributed by atoms with van der Waals surface area (Å²) < 4.78 is 19.7. The van der Waals surface area contributed by atoms with Gasteiger partial charge in [0.2, 0.25) is 0 Å². The van der Waals surface area contributed by atoms with Crippen LogP contribution in [0.2, 0.25) is 5.02 Å². The summed E-state index contributed by atoms with van der Waals surface area (Å²) in [6, 6.07) is 8.02. The van der Waals surface area contributed by atoms with Crippen LogP contribution < -0.4 is 10.5 Å². The van der Waals surface area contributed by atoms with Crippen LogP contribution in [0.15, 0.2) is 42.7 Å². The lowest BCUT2D eigenvalue weighted by atomic mass is 10.0. The molecule has 0 saturated carbocycles. The van der Waals surface area contributed by atoms with Gasteiger partial charge in [-0.3, -0.25) is 4.98 Å². The second kappa shape index (κ2) is 6.68. The molecule has 20 heavy (non-hydrogen) atoms. The van der Waals surface area contributed by atoms with Crippen molar-refractivity contribution in [1.82, 2.24) is 4.98 Å². The second-order valence-electron chi connectivity index (χ2n) is 4.44. The Morgan fingerprint density at radius 1 is 1.30 bits per heavy atom. The molecule has 0 spiro atoms. The van der Waals surface area contributed by atoms with Gasteiger partial charge in [-0.1, -0.05) is 24.6 Å². The molecule has 2 N–H and O–H groups in total. The minimum atomic E-state index is -0.573. The number of aromatic nitrogens is 1. The molecule has 1 aromatic heterocycles. The second-order valence-corrected chi connectivity index (χ2v) is 4.85. The summed E-state index contributed by atoms with van der Waals surface area (Å²) in [6.45, 7) is 1.95. The molecule has 5 heteroatoms. The number of hydrogen-bond donors (Lipinski definition) is 1. The Morgan fingerprint density at radius 2 is 2.00 bits per heavy atom. The highest BCUT2D eigenvalue weighted by atomic mass is 35.5. The zero-order valence-electron chi connectivity index (χ0n) is 11.1. The molecule has 0 aliphatic rings. The van der Waals surface area contributed by atoms with Crippen molar-refractivity contribution in [3.8, 4) is 5.75 Å². The number of benzene rings is 1. The van der Waals surface area contributed by atoms with Crippen LogP contribution in [0, 0.1) is 5.82 Å². The Hall–Kier alpha value is -1.65. The van der Waals surface area contributed by atoms with Crippen molar-refractivity contribution in [1.29, 1.82) is 0 Å². The number of nitrogens with two attached hydrogens (primary N) is 1. The maximum absolute atomic E-state index is 13.9. The van der Waals surface area contributed by atoms with Gasteiger partial charge in [-0.15, -0.1) is 0 Å². The zero-order valence-corrected chi connectivity index (χ0v) is 11.8. The van der Waals surface area contributed by atoms with Gasteiger partial charge in [0, 0.05) is 18.4 Å². The molecule has 106 valence electrons. The fourth-order valence-electron chi connectivity index (χ4n) is 1.88. The van der Waals surface area contributed by atoms with Gasteiger partial charge in [0.25, 0.3) is 0 Å². The topological polar surface area (TPSA) is 48.1 Å². The normalized spacial score (nSPS) is 13.8. The van der Waals surface area contributed by atoms with Crippen LogP contribution in [0.4, 0.5) is 4.39 Å². The van der Waals surface area contributed by atoms with E-state index in [0.29, 0.717) is 6.42 Å². The molecule has 2 rings (SSSR count). The lowest BCUT2D eigenvalue weighted by Gasteiger charge is -2.25. The van der Waals surface area contributed by atoms with Crippen LogP contribution in [0.25, 0.3) is 0 Å². The summed E-state index contributed by atoms with van der Waals surface area (Å²) in [4.78, 5) is 3.96. The summed E-state index contributed by atoms with van der Waals surface area (Å²) in [5.41, 5.74) is 6.94. The Bertz CT molecular complexity index is 565. The largest absolute Gasteiger partial charge is 0.481 e. The van der Waals surface area contributed by atoms with Crippen LogP contribution in [0.3, 0.4) is 0 Å². The van der Waals surface area contributed by atoms with Gasteiger partial charge in [0.1, 0.15) is 6.10 Å². The summed E-state index contributed by atoms with van der Waals surface area (Å²) in [5, 5.41) is 0.0287. The third kappa shape index (κ3) is 3.26. The van der Waals surface area contributed by atoms with E-state index >= 15 is 0 Å². The van der Waals surface area contributed by atoms with Gasteiger partial charge in [-0.2, -0.15) is 0 Å². The van der Waals surface area contributed by atoms with E-state index in [1.165, 1.54) is 12.1 Å². The average Bonchev–Trinajstić information content (AvgIpc) is 2.49. The highest BCUT2D eigenvalue weighted by Crippen LogP contribution is 2.30. The highest BCUT2D eigenvalue weighted by molar-refractivity contribution is 6.30. The first-order valence-corrected chi connectivity index (χ1v) is 6.77. The van der Waals surface area contributed by atoms with Crippen LogP contribution in [0.1, 0.15) is 25.0 Å². The van der Waals surface area contributed by atoms with E-state index in [0.717, 1.165) is 5.56 Å². The summed E-state index contributed by atoms with van der Waals surface area (Å²) in [6.07, 6.45) is 3.57. The van der Waals surface area contributed by atoms with Gasteiger partial charge < -0.3 is 10.5 Å². The number of hydrogen-bond acceptors (Lipinski definition) is 3. The monoisotopic (exact) mass is 294 g/mol. The summed E-state index contributed by atoms with van der Waals surface area (Å²) >= 11 is 5.76. The predicted molar refractivity (Wildman–Crippen MR) is 77.3 cm³/mol. The predicted octanol–water partition coefficient (Wildman–Crippen LogP) is 3.73. The average molecular weight is 295 g/mol. The summed E-state index contributed by atoms with van der Waals surface area (Å²) in [5.74, 6) is -0.472. The minimum absolute atomic E-state index is 0.0287. The lowest BCUT2D eigenvalue weighted by Crippen LogP contribution is -2.31. The molecule has 2 aromatic rings. The van der Waals surface area contributed by atoms with Crippen molar-refractivity contribution >= 4 is 11.6 Å². The third-order valence-electron chi connectivity index (χ3n) is 3.07. The van der Waals surface area contributed by atoms with Gasteiger partial charge in [0.15, 0.2) is 11.6 Å². The number of ether oxygens (including phenoxy) is 1. The van der Waals surface area contributed by atoms with Crippen LogP contribution >= 0.6 is 11.6 Å². The zero-order chi connectivity index (χ0) is 14.5. The molecule has 1 heterocycles. The lowest BCUT2D eigenvalue weighted by molar-refractivity contribution is 0.163. The van der Waals surface area contributed by atoms with Crippen molar-refractivity contribution in [3.63, 3.8) is 0 Å². The van der Waals surface area contributed by atoms with Gasteiger partial charge in [-0.25, -0.2) is 4.39 Å². The molecular weight excluding hydrogens is 279 g/mol. The molecule has 1 aromatic carbocycles. The first kappa shape index (κ1) is 14.8. The van der Waals surface area contributed by atoms with Crippen molar-refractivity contribution < 1.29 is 9.13 Å². The van der Waals surface area contributed by atoms with E-state index in [9.17, 15) is 4.39 Å². The van der Waals surface area contributed by atoms with Crippen LogP contribution in [-0.2, 0) is 0 Å². The Balaban J connectivity index is 2.31. The number of nitrogens with zero attached hydrogens (tertiary/aromatic N) is 1. The molecule has 0 aliphatic carbocycles. The number of rotatable bonds is 5. The molecule has 0 radical (unpaired) electrons. The van der Waals surface area contributed by atoms with E-state index in [-0.39, 0.29) is 16.8 Å². The molecule has 0 saturated heterocycles. The molecule has 0 aliphatic heterocycles. The van der Waals surface area contributed by atoms with E-state index in [2.05, 4.69) is 4.98 Å². The molecule has 2 atom stereocenters. The Labute approximate surface area is 122 Å². The fraction of sp³-hybridized carbons (Fsp3) is 0.267. The number of halogens is 2. The van der Waals surface area contributed by atoms with E-state index in [4.69, 9.17) is 22.1 Å². The first-order chi connectivity index (χ1) is 9.63. The highest BCUT2D eigenvalue weighted by Gasteiger charge is 2.22. The SMILES string of the molecule is CCC(N)C(Oc1cccc(Cl)c1F)c1ccncc1. The molecule has 2 unspecified atom stereocenters. The van der Waals surface area contributed by atoms with E-state index in [1.807, 2.05) is 19.1 Å². The maximum Gasteiger partial charge on any atom is 0.183 e. The number of pyridine rings is 1. The molecule has 0 amide bonds. The van der Waals surface area contributed by atoms with Crippen molar-refractivity contribution in [3.05, 3.63) is 59.1 Å². The minimum Gasteiger partial charge on any atom is -0.481 e. The van der Waals surface area contributed by atoms with Gasteiger partial charge in [-0.05, 0) is 36.2 Å². The van der Waals surface area contributed by atoms with Crippen molar-refractivity contribution in [2.45, 2.75) is 25.5 Å². The van der Waals surface area contributed by atoms with Gasteiger partial charge in [0.05, 0.1) is 5.02 Å². The smallest absolute Gasteiger partial charge is 0.183 e. The van der Waals surface area contributed by atoms with E-state index in [1.54, 1.807) is 18.5 Å². The molecule has 3 nitrogen and oxygen atoms in total. The molecule has 0 fully saturated rings. The third-order valence-corrected chi connectivity index (χ3v) is 3.36. The summed E-state index contributed by atoms with van der Waals surface area (Å²) in [7, 11) is 0. The van der Waals surface area contributed by atoms with E-state index < -0.39 is 11.9 Å². The van der Waals surface area contributed by atoms with Crippen molar-refractivity contribution in [2.24, 2.45) is 5.73 Å². The van der Waals surface area contributed by atoms with Crippen LogP contribution in [0.5, 0.6) is 5.75 Å². The van der Waals surface area contributed by atoms with Gasteiger partial charge >= 0.3 is 0 Å². The standard InChI is InChI=1S/C15H16ClFN2O/c1-2-12(18)15(10-6-8-19-9-7-10)20-13-5-3-4-11(16)14(13)17/h3-9,12,15H,2,18H2,1H3. The molecule has 0 bridgehead atoms. The van der Waals surface area contributed by atoms with Crippen molar-refractivity contribution in [2.75, 3.05) is 0 Å². The first-order valence-electron chi connectivity index (χ1n) is 6.39. The molecular formula is C15H16ClFN2O.